The standard InChI is InChI=1S/C13H14FN3O/c1-8-11-12(14)15-6-7-17(11)13(16-8)9-2-4-10(18)5-3-9/h6-7,9H,2-5H2,1H3. The minimum absolute atomic E-state index is 0.241. The summed E-state index contributed by atoms with van der Waals surface area (Å²) in [7, 11) is 0. The number of carbonyl (C=O) groups excluding carboxylic acids is 1. The van der Waals surface area contributed by atoms with Crippen LogP contribution in [0.5, 0.6) is 0 Å². The average Bonchev–Trinajstić information content (AvgIpc) is 2.69. The number of rotatable bonds is 1. The van der Waals surface area contributed by atoms with Gasteiger partial charge in [-0.25, -0.2) is 9.97 Å². The van der Waals surface area contributed by atoms with Gasteiger partial charge in [-0.1, -0.05) is 0 Å². The van der Waals surface area contributed by atoms with E-state index >= 15 is 0 Å². The Labute approximate surface area is 104 Å². The number of hydrogen-bond acceptors (Lipinski definition) is 3. The maximum absolute atomic E-state index is 13.7. The molecule has 18 heavy (non-hydrogen) atoms. The molecule has 1 aliphatic carbocycles. The van der Waals surface area contributed by atoms with Crippen molar-refractivity contribution in [1.29, 1.82) is 0 Å². The van der Waals surface area contributed by atoms with Crippen molar-refractivity contribution >= 4 is 11.3 Å². The van der Waals surface area contributed by atoms with Gasteiger partial charge < -0.3 is 0 Å². The maximum Gasteiger partial charge on any atom is 0.239 e. The number of carbonyl (C=O) groups is 1. The van der Waals surface area contributed by atoms with Crippen molar-refractivity contribution < 1.29 is 9.18 Å². The highest BCUT2D eigenvalue weighted by Crippen LogP contribution is 2.31. The minimum Gasteiger partial charge on any atom is -0.300 e. The molecule has 3 rings (SSSR count). The first kappa shape index (κ1) is 11.3. The SMILES string of the molecule is Cc1nc(C2CCC(=O)CC2)n2ccnc(F)c12. The van der Waals surface area contributed by atoms with Crippen molar-refractivity contribution in [3.8, 4) is 0 Å². The largest absolute Gasteiger partial charge is 0.300 e. The van der Waals surface area contributed by atoms with Crippen molar-refractivity contribution in [2.45, 2.75) is 38.5 Å². The number of halogens is 1. The lowest BCUT2D eigenvalue weighted by molar-refractivity contribution is -0.120. The molecule has 1 fully saturated rings. The third kappa shape index (κ3) is 1.70. The van der Waals surface area contributed by atoms with Crippen LogP contribution in [0, 0.1) is 12.9 Å². The quantitative estimate of drug-likeness (QED) is 0.777. The number of aromatic nitrogens is 3. The van der Waals surface area contributed by atoms with Gasteiger partial charge in [-0.2, -0.15) is 4.39 Å². The second-order valence-electron chi connectivity index (χ2n) is 4.81. The molecule has 0 spiro atoms. The summed E-state index contributed by atoms with van der Waals surface area (Å²) in [6.45, 7) is 1.79. The summed E-state index contributed by atoms with van der Waals surface area (Å²) in [6, 6.07) is 0. The van der Waals surface area contributed by atoms with Crippen molar-refractivity contribution in [2.75, 3.05) is 0 Å². The number of ketones is 1. The molecule has 0 N–H and O–H groups in total. The van der Waals surface area contributed by atoms with Crippen LogP contribution < -0.4 is 0 Å². The van der Waals surface area contributed by atoms with Crippen LogP contribution in [0.4, 0.5) is 4.39 Å². The van der Waals surface area contributed by atoms with Crippen LogP contribution in [-0.2, 0) is 4.79 Å². The van der Waals surface area contributed by atoms with Gasteiger partial charge >= 0.3 is 0 Å². The number of fused-ring (bicyclic) bond motifs is 1. The highest BCUT2D eigenvalue weighted by molar-refractivity contribution is 5.79. The highest BCUT2D eigenvalue weighted by Gasteiger charge is 2.25. The smallest absolute Gasteiger partial charge is 0.239 e. The van der Waals surface area contributed by atoms with Crippen LogP contribution in [0.3, 0.4) is 0 Å². The van der Waals surface area contributed by atoms with Gasteiger partial charge in [0, 0.05) is 31.2 Å². The lowest BCUT2D eigenvalue weighted by atomic mass is 9.88. The van der Waals surface area contributed by atoms with Crippen LogP contribution in [-0.4, -0.2) is 20.2 Å². The van der Waals surface area contributed by atoms with Gasteiger partial charge in [-0.3, -0.25) is 9.20 Å². The fourth-order valence-electron chi connectivity index (χ4n) is 2.68. The molecule has 0 radical (unpaired) electrons. The molecule has 2 heterocycles. The summed E-state index contributed by atoms with van der Waals surface area (Å²) in [5.74, 6) is 0.930. The highest BCUT2D eigenvalue weighted by atomic mass is 19.1. The van der Waals surface area contributed by atoms with Gasteiger partial charge in [-0.05, 0) is 19.8 Å². The van der Waals surface area contributed by atoms with Crippen molar-refractivity contribution in [1.82, 2.24) is 14.4 Å². The van der Waals surface area contributed by atoms with E-state index in [0.29, 0.717) is 29.8 Å². The number of aryl methyl sites for hydroxylation is 1. The van der Waals surface area contributed by atoms with Gasteiger partial charge in [-0.15, -0.1) is 0 Å². The molecule has 2 aromatic heterocycles. The van der Waals surface area contributed by atoms with Gasteiger partial charge in [0.1, 0.15) is 17.1 Å². The Kier molecular flexibility index (Phi) is 2.61. The second-order valence-corrected chi connectivity index (χ2v) is 4.81. The van der Waals surface area contributed by atoms with Crippen LogP contribution in [0.2, 0.25) is 0 Å². The van der Waals surface area contributed by atoms with E-state index < -0.39 is 5.95 Å². The first-order valence-corrected chi connectivity index (χ1v) is 6.17. The Morgan fingerprint density at radius 3 is 2.83 bits per heavy atom. The monoisotopic (exact) mass is 247 g/mol. The Hall–Kier alpha value is -1.78. The zero-order chi connectivity index (χ0) is 12.7. The number of hydrogen-bond donors (Lipinski definition) is 0. The third-order valence-electron chi connectivity index (χ3n) is 3.62. The fraction of sp³-hybridized carbons (Fsp3) is 0.462. The molecule has 4 nitrogen and oxygen atoms in total. The summed E-state index contributed by atoms with van der Waals surface area (Å²) < 4.78 is 15.4. The minimum atomic E-state index is -0.486. The van der Waals surface area contributed by atoms with Crippen molar-refractivity contribution in [3.63, 3.8) is 0 Å². The summed E-state index contributed by atoms with van der Waals surface area (Å²) in [5, 5.41) is 0. The molecule has 0 aromatic carbocycles. The normalized spacial score (nSPS) is 17.6. The van der Waals surface area contributed by atoms with E-state index in [1.807, 2.05) is 0 Å². The lowest BCUT2D eigenvalue weighted by Crippen LogP contribution is -2.14. The van der Waals surface area contributed by atoms with E-state index in [2.05, 4.69) is 9.97 Å². The zero-order valence-electron chi connectivity index (χ0n) is 10.2. The molecular formula is C13H14FN3O. The van der Waals surface area contributed by atoms with E-state index in [9.17, 15) is 9.18 Å². The fourth-order valence-corrected chi connectivity index (χ4v) is 2.68. The summed E-state index contributed by atoms with van der Waals surface area (Å²) in [5.41, 5.74) is 1.11. The molecule has 0 atom stereocenters. The van der Waals surface area contributed by atoms with Gasteiger partial charge in [0.2, 0.25) is 5.95 Å². The van der Waals surface area contributed by atoms with Crippen LogP contribution in [0.15, 0.2) is 12.4 Å². The van der Waals surface area contributed by atoms with Crippen LogP contribution in [0.1, 0.15) is 43.1 Å². The molecule has 1 saturated carbocycles. The van der Waals surface area contributed by atoms with E-state index in [1.54, 1.807) is 17.5 Å². The molecule has 1 aliphatic rings. The Bertz CT molecular complexity index is 610. The van der Waals surface area contributed by atoms with Crippen LogP contribution in [0.25, 0.3) is 5.52 Å². The topological polar surface area (TPSA) is 47.3 Å². The second kappa shape index (κ2) is 4.15. The van der Waals surface area contributed by atoms with E-state index in [1.165, 1.54) is 6.20 Å². The Balaban J connectivity index is 2.07. The molecular weight excluding hydrogens is 233 g/mol. The maximum atomic E-state index is 13.7. The lowest BCUT2D eigenvalue weighted by Gasteiger charge is -2.19. The van der Waals surface area contributed by atoms with Gasteiger partial charge in [0.05, 0.1) is 5.69 Å². The predicted octanol–water partition coefficient (Wildman–Crippen LogP) is 2.40. The van der Waals surface area contributed by atoms with E-state index in [0.717, 1.165) is 18.7 Å². The molecule has 0 amide bonds. The Morgan fingerprint density at radius 2 is 2.11 bits per heavy atom. The molecule has 0 bridgehead atoms. The van der Waals surface area contributed by atoms with Crippen molar-refractivity contribution in [2.24, 2.45) is 0 Å². The van der Waals surface area contributed by atoms with Crippen molar-refractivity contribution in [3.05, 3.63) is 29.9 Å². The zero-order valence-corrected chi connectivity index (χ0v) is 10.2. The van der Waals surface area contributed by atoms with E-state index in [-0.39, 0.29) is 5.92 Å². The summed E-state index contributed by atoms with van der Waals surface area (Å²) in [4.78, 5) is 19.4. The third-order valence-corrected chi connectivity index (χ3v) is 3.62. The van der Waals surface area contributed by atoms with Gasteiger partial charge in [0.15, 0.2) is 0 Å². The van der Waals surface area contributed by atoms with E-state index in [4.69, 9.17) is 0 Å². The van der Waals surface area contributed by atoms with Gasteiger partial charge in [0.25, 0.3) is 0 Å². The summed E-state index contributed by atoms with van der Waals surface area (Å²) >= 11 is 0. The van der Waals surface area contributed by atoms with Crippen LogP contribution >= 0.6 is 0 Å². The number of Topliss-reactive ketones (excluding diaryl/α,β-unsaturated/α-hetero) is 1. The molecule has 94 valence electrons. The predicted molar refractivity (Wildman–Crippen MR) is 63.9 cm³/mol. The molecule has 5 heteroatoms. The average molecular weight is 247 g/mol. The summed E-state index contributed by atoms with van der Waals surface area (Å²) in [6.07, 6.45) is 6.01. The Morgan fingerprint density at radius 1 is 1.39 bits per heavy atom. The molecule has 0 aliphatic heterocycles. The first-order chi connectivity index (χ1) is 8.66. The molecule has 2 aromatic rings. The number of imidazole rings is 1. The molecule has 0 unspecified atom stereocenters. The number of nitrogens with zero attached hydrogens (tertiary/aromatic N) is 3. The molecule has 0 saturated heterocycles. The first-order valence-electron chi connectivity index (χ1n) is 6.17.